The highest BCUT2D eigenvalue weighted by molar-refractivity contribution is 5.87. The molecular weight excluding hydrogens is 244 g/mol. The molecule has 108 valence electrons. The summed E-state index contributed by atoms with van der Waals surface area (Å²) in [5.41, 5.74) is 2.11. The van der Waals surface area contributed by atoms with Gasteiger partial charge in [0.25, 0.3) is 0 Å². The molecule has 0 aromatic carbocycles. The maximum Gasteiger partial charge on any atom is 0.139 e. The minimum absolute atomic E-state index is 0.0310. The summed E-state index contributed by atoms with van der Waals surface area (Å²) < 4.78 is 0. The van der Waals surface area contributed by atoms with E-state index in [1.807, 2.05) is 0 Å². The molecule has 4 aliphatic carbocycles. The van der Waals surface area contributed by atoms with Crippen LogP contribution in [0.1, 0.15) is 58.8 Å². The van der Waals surface area contributed by atoms with Crippen molar-refractivity contribution in [3.63, 3.8) is 0 Å². The van der Waals surface area contributed by atoms with Crippen LogP contribution >= 0.6 is 0 Å². The summed E-state index contributed by atoms with van der Waals surface area (Å²) in [6, 6.07) is 0. The highest BCUT2D eigenvalue weighted by Crippen LogP contribution is 2.63. The van der Waals surface area contributed by atoms with Crippen molar-refractivity contribution in [1.29, 1.82) is 0 Å². The highest BCUT2D eigenvalue weighted by atomic mass is 16.1. The summed E-state index contributed by atoms with van der Waals surface area (Å²) in [5.74, 6) is 2.86. The Morgan fingerprint density at radius 3 is 2.70 bits per heavy atom. The van der Waals surface area contributed by atoms with E-state index < -0.39 is 0 Å². The number of Topliss-reactive ketones (excluding diaryl/α,β-unsaturated/α-hetero) is 1. The van der Waals surface area contributed by atoms with E-state index in [9.17, 15) is 4.79 Å². The molecule has 1 heteroatoms. The molecule has 4 aliphatic rings. The van der Waals surface area contributed by atoms with E-state index in [-0.39, 0.29) is 5.41 Å². The first-order chi connectivity index (χ1) is 9.56. The molecule has 0 amide bonds. The van der Waals surface area contributed by atoms with E-state index in [4.69, 9.17) is 0 Å². The van der Waals surface area contributed by atoms with Crippen LogP contribution in [0.25, 0.3) is 0 Å². The Hall–Kier alpha value is -0.850. The zero-order chi connectivity index (χ0) is 14.0. The fourth-order valence-corrected chi connectivity index (χ4v) is 6.15. The SMILES string of the molecule is C[C@]12CC=CC=C1CC[C@@H]1[C@H]2CC[C@]2(C)C(=O)CC[C@@H]12. The van der Waals surface area contributed by atoms with Crippen LogP contribution in [0.4, 0.5) is 0 Å². The standard InChI is InChI=1S/C19H26O/c1-18-11-4-3-5-13(18)6-7-14-15-8-9-17(20)19(15,2)12-10-16(14)18/h3-5,14-16H,6-12H2,1-2H3/t14-,15-,16+,18-,19-/m0/s1. The van der Waals surface area contributed by atoms with Gasteiger partial charge in [0, 0.05) is 11.8 Å². The summed E-state index contributed by atoms with van der Waals surface area (Å²) in [6.45, 7) is 4.77. The predicted molar refractivity (Wildman–Crippen MR) is 81.2 cm³/mol. The molecular formula is C19H26O. The lowest BCUT2D eigenvalue weighted by atomic mass is 9.48. The Morgan fingerprint density at radius 1 is 1.05 bits per heavy atom. The first-order valence-corrected chi connectivity index (χ1v) is 8.45. The number of ketones is 1. The molecule has 0 N–H and O–H groups in total. The Bertz CT molecular complexity index is 514. The number of hydrogen-bond donors (Lipinski definition) is 0. The van der Waals surface area contributed by atoms with Crippen LogP contribution in [0.3, 0.4) is 0 Å². The minimum Gasteiger partial charge on any atom is -0.299 e. The van der Waals surface area contributed by atoms with Crippen LogP contribution in [0.2, 0.25) is 0 Å². The molecule has 3 saturated carbocycles. The van der Waals surface area contributed by atoms with Crippen molar-refractivity contribution in [2.45, 2.75) is 58.8 Å². The monoisotopic (exact) mass is 270 g/mol. The molecule has 5 atom stereocenters. The van der Waals surface area contributed by atoms with E-state index in [2.05, 4.69) is 32.1 Å². The van der Waals surface area contributed by atoms with Gasteiger partial charge in [0.15, 0.2) is 0 Å². The molecule has 3 fully saturated rings. The summed E-state index contributed by atoms with van der Waals surface area (Å²) in [7, 11) is 0. The Labute approximate surface area is 122 Å². The van der Waals surface area contributed by atoms with Gasteiger partial charge >= 0.3 is 0 Å². The van der Waals surface area contributed by atoms with Crippen LogP contribution in [0, 0.1) is 28.6 Å². The van der Waals surface area contributed by atoms with Gasteiger partial charge in [0.1, 0.15) is 5.78 Å². The van der Waals surface area contributed by atoms with Gasteiger partial charge in [-0.05, 0) is 61.7 Å². The van der Waals surface area contributed by atoms with Crippen LogP contribution in [-0.4, -0.2) is 5.78 Å². The summed E-state index contributed by atoms with van der Waals surface area (Å²) >= 11 is 0. The van der Waals surface area contributed by atoms with Crippen molar-refractivity contribution in [3.8, 4) is 0 Å². The third kappa shape index (κ3) is 1.47. The summed E-state index contributed by atoms with van der Waals surface area (Å²) in [5, 5.41) is 0. The largest absolute Gasteiger partial charge is 0.299 e. The van der Waals surface area contributed by atoms with Gasteiger partial charge in [0.05, 0.1) is 0 Å². The molecule has 0 unspecified atom stereocenters. The first-order valence-electron chi connectivity index (χ1n) is 8.45. The molecule has 20 heavy (non-hydrogen) atoms. The number of carbonyl (C=O) groups is 1. The Kier molecular flexibility index (Phi) is 2.63. The molecule has 1 nitrogen and oxygen atoms in total. The molecule has 0 heterocycles. The maximum absolute atomic E-state index is 12.3. The maximum atomic E-state index is 12.3. The van der Waals surface area contributed by atoms with Gasteiger partial charge in [-0.1, -0.05) is 37.6 Å². The second-order valence-corrected chi connectivity index (χ2v) is 8.08. The lowest BCUT2D eigenvalue weighted by Crippen LogP contribution is -2.49. The van der Waals surface area contributed by atoms with Gasteiger partial charge in [-0.3, -0.25) is 4.79 Å². The van der Waals surface area contributed by atoms with E-state index in [1.165, 1.54) is 32.1 Å². The number of allylic oxidation sites excluding steroid dienone is 4. The lowest BCUT2D eigenvalue weighted by Gasteiger charge is -2.56. The number of hydrogen-bond acceptors (Lipinski definition) is 1. The fourth-order valence-electron chi connectivity index (χ4n) is 6.15. The van der Waals surface area contributed by atoms with Crippen LogP contribution < -0.4 is 0 Å². The average molecular weight is 270 g/mol. The smallest absolute Gasteiger partial charge is 0.139 e. The van der Waals surface area contributed by atoms with E-state index in [0.717, 1.165) is 24.7 Å². The van der Waals surface area contributed by atoms with Crippen LogP contribution in [-0.2, 0) is 4.79 Å². The third-order valence-electron chi connectivity index (χ3n) is 7.42. The summed E-state index contributed by atoms with van der Waals surface area (Å²) in [6.07, 6.45) is 15.2. The average Bonchev–Trinajstić information content (AvgIpc) is 2.74. The molecule has 0 bridgehead atoms. The highest BCUT2D eigenvalue weighted by Gasteiger charge is 2.58. The van der Waals surface area contributed by atoms with E-state index >= 15 is 0 Å². The summed E-state index contributed by atoms with van der Waals surface area (Å²) in [4.78, 5) is 12.3. The second-order valence-electron chi connectivity index (χ2n) is 8.08. The minimum atomic E-state index is 0.0310. The zero-order valence-electron chi connectivity index (χ0n) is 12.8. The van der Waals surface area contributed by atoms with Crippen molar-refractivity contribution >= 4 is 5.78 Å². The van der Waals surface area contributed by atoms with Gasteiger partial charge in [-0.2, -0.15) is 0 Å². The quantitative estimate of drug-likeness (QED) is 0.624. The van der Waals surface area contributed by atoms with Gasteiger partial charge in [-0.15, -0.1) is 0 Å². The molecule has 4 rings (SSSR count). The van der Waals surface area contributed by atoms with Crippen molar-refractivity contribution in [1.82, 2.24) is 0 Å². The normalized spacial score (nSPS) is 50.2. The fraction of sp³-hybridized carbons (Fsp3) is 0.737. The lowest BCUT2D eigenvalue weighted by molar-refractivity contribution is -0.132. The number of fused-ring (bicyclic) bond motifs is 5. The predicted octanol–water partition coefficient (Wildman–Crippen LogP) is 4.68. The van der Waals surface area contributed by atoms with Gasteiger partial charge < -0.3 is 0 Å². The number of carbonyl (C=O) groups excluding carboxylic acids is 1. The topological polar surface area (TPSA) is 17.1 Å². The molecule has 0 spiro atoms. The molecule has 0 aromatic rings. The number of rotatable bonds is 0. The van der Waals surface area contributed by atoms with E-state index in [1.54, 1.807) is 5.57 Å². The van der Waals surface area contributed by atoms with E-state index in [0.29, 0.717) is 17.1 Å². The van der Waals surface area contributed by atoms with Gasteiger partial charge in [0.2, 0.25) is 0 Å². The zero-order valence-corrected chi connectivity index (χ0v) is 12.8. The Morgan fingerprint density at radius 2 is 1.85 bits per heavy atom. The molecule has 0 aromatic heterocycles. The first kappa shape index (κ1) is 12.9. The second kappa shape index (κ2) is 4.08. The van der Waals surface area contributed by atoms with Crippen molar-refractivity contribution in [3.05, 3.63) is 23.8 Å². The van der Waals surface area contributed by atoms with Crippen molar-refractivity contribution < 1.29 is 4.79 Å². The van der Waals surface area contributed by atoms with Crippen molar-refractivity contribution in [2.24, 2.45) is 28.6 Å². The van der Waals surface area contributed by atoms with Crippen molar-refractivity contribution in [2.75, 3.05) is 0 Å². The molecule has 0 saturated heterocycles. The molecule has 0 radical (unpaired) electrons. The third-order valence-corrected chi connectivity index (χ3v) is 7.42. The Balaban J connectivity index is 1.71. The van der Waals surface area contributed by atoms with Crippen LogP contribution in [0.5, 0.6) is 0 Å². The van der Waals surface area contributed by atoms with Crippen LogP contribution in [0.15, 0.2) is 23.8 Å². The van der Waals surface area contributed by atoms with Gasteiger partial charge in [-0.25, -0.2) is 0 Å². The molecule has 0 aliphatic heterocycles.